The monoisotopic (exact) mass is 483 g/mol. The molecule has 1 atom stereocenters. The van der Waals surface area contributed by atoms with Gasteiger partial charge in [-0.05, 0) is 24.6 Å². The highest BCUT2D eigenvalue weighted by Gasteiger charge is 2.48. The summed E-state index contributed by atoms with van der Waals surface area (Å²) in [6.07, 6.45) is 4.75. The Morgan fingerprint density at radius 3 is 2.81 bits per heavy atom. The number of nitrogen functional groups attached to an aromatic ring is 1. The Morgan fingerprint density at radius 2 is 2.00 bits per heavy atom. The zero-order valence-corrected chi connectivity index (χ0v) is 18.9. The Hall–Kier alpha value is -5.00. The molecule has 5 aromatic rings. The van der Waals surface area contributed by atoms with Gasteiger partial charge in [-0.15, -0.1) is 0 Å². The molecule has 0 bridgehead atoms. The molecule has 1 aliphatic heterocycles. The summed E-state index contributed by atoms with van der Waals surface area (Å²) in [5, 5.41) is 6.96. The third-order valence-corrected chi connectivity index (χ3v) is 6.26. The van der Waals surface area contributed by atoms with Gasteiger partial charge in [-0.25, -0.2) is 28.8 Å². The topological polar surface area (TPSA) is 157 Å². The molecule has 6 rings (SSSR count). The van der Waals surface area contributed by atoms with E-state index in [0.717, 1.165) is 0 Å². The van der Waals surface area contributed by atoms with Crippen LogP contribution < -0.4 is 16.5 Å². The molecule has 0 spiro atoms. The largest absolute Gasteiger partial charge is 0.383 e. The first-order valence-corrected chi connectivity index (χ1v) is 11.0. The van der Waals surface area contributed by atoms with Crippen LogP contribution in [-0.2, 0) is 16.6 Å². The summed E-state index contributed by atoms with van der Waals surface area (Å²) in [5.74, 6) is -0.303. The van der Waals surface area contributed by atoms with Gasteiger partial charge in [0.2, 0.25) is 5.91 Å². The second kappa shape index (κ2) is 7.77. The van der Waals surface area contributed by atoms with Crippen molar-refractivity contribution in [1.82, 2.24) is 34.5 Å². The number of carbonyl (C=O) groups is 1. The Morgan fingerprint density at radius 1 is 1.14 bits per heavy atom. The van der Waals surface area contributed by atoms with E-state index in [1.54, 1.807) is 25.3 Å². The molecule has 0 saturated carbocycles. The highest BCUT2D eigenvalue weighted by Crippen LogP contribution is 2.43. The molecule has 4 N–H and O–H groups in total. The van der Waals surface area contributed by atoms with Gasteiger partial charge in [0.25, 0.3) is 0 Å². The first kappa shape index (κ1) is 21.5. The van der Waals surface area contributed by atoms with E-state index in [1.165, 1.54) is 41.3 Å². The number of halogens is 1. The van der Waals surface area contributed by atoms with Crippen molar-refractivity contribution in [2.24, 2.45) is 0 Å². The van der Waals surface area contributed by atoms with Crippen LogP contribution in [0.4, 0.5) is 16.0 Å². The van der Waals surface area contributed by atoms with Gasteiger partial charge in [0.05, 0.1) is 17.5 Å². The Bertz CT molecular complexity index is 1750. The summed E-state index contributed by atoms with van der Waals surface area (Å²) in [7, 11) is 0. The minimum atomic E-state index is -1.29. The highest BCUT2D eigenvalue weighted by atomic mass is 19.1. The van der Waals surface area contributed by atoms with E-state index >= 15 is 0 Å². The van der Waals surface area contributed by atoms with E-state index in [-0.39, 0.29) is 28.7 Å². The summed E-state index contributed by atoms with van der Waals surface area (Å²) < 4.78 is 15.3. The number of amides is 1. The number of aromatic nitrogens is 7. The number of carbonyl (C=O) groups excluding carboxylic acids is 1. The lowest BCUT2D eigenvalue weighted by Crippen LogP contribution is -2.34. The average molecular weight is 483 g/mol. The summed E-state index contributed by atoms with van der Waals surface area (Å²) in [6.45, 7) is 1.65. The van der Waals surface area contributed by atoms with Gasteiger partial charge in [0.15, 0.2) is 16.9 Å². The van der Waals surface area contributed by atoms with Crippen molar-refractivity contribution in [3.05, 3.63) is 93.7 Å². The van der Waals surface area contributed by atoms with Gasteiger partial charge in [-0.1, -0.05) is 12.1 Å². The van der Waals surface area contributed by atoms with Crippen molar-refractivity contribution in [1.29, 1.82) is 0 Å². The SMILES string of the molecule is CC1(c2cc(=O)cc[nH]2)C(=O)Nc2nc(-c3cn4ncnc4c(Cc4cccc(F)c4)n3)nc(N)c21. The molecule has 12 heteroatoms. The minimum absolute atomic E-state index is 0.0627. The molecule has 0 saturated heterocycles. The Labute approximate surface area is 202 Å². The fourth-order valence-corrected chi connectivity index (χ4v) is 4.47. The molecule has 1 aromatic carbocycles. The predicted octanol–water partition coefficient (Wildman–Crippen LogP) is 1.84. The van der Waals surface area contributed by atoms with Gasteiger partial charge in [-0.3, -0.25) is 9.59 Å². The van der Waals surface area contributed by atoms with E-state index in [0.29, 0.717) is 40.3 Å². The maximum Gasteiger partial charge on any atom is 0.242 e. The lowest BCUT2D eigenvalue weighted by Gasteiger charge is -2.22. The van der Waals surface area contributed by atoms with Crippen molar-refractivity contribution >= 4 is 23.2 Å². The maximum atomic E-state index is 13.7. The Balaban J connectivity index is 1.47. The molecule has 1 amide bonds. The van der Waals surface area contributed by atoms with Crippen LogP contribution in [0.25, 0.3) is 17.2 Å². The molecule has 5 heterocycles. The molecular weight excluding hydrogens is 465 g/mol. The number of hydrogen-bond acceptors (Lipinski definition) is 8. The van der Waals surface area contributed by atoms with Crippen LogP contribution in [0.15, 0.2) is 59.9 Å². The van der Waals surface area contributed by atoms with Gasteiger partial charge in [-0.2, -0.15) is 5.10 Å². The molecule has 0 aliphatic carbocycles. The predicted molar refractivity (Wildman–Crippen MR) is 128 cm³/mol. The number of hydrogen-bond donors (Lipinski definition) is 3. The van der Waals surface area contributed by atoms with Crippen LogP contribution in [0.2, 0.25) is 0 Å². The molecular formula is C24H18FN9O2. The molecule has 0 fully saturated rings. The highest BCUT2D eigenvalue weighted by molar-refractivity contribution is 6.08. The van der Waals surface area contributed by atoms with Crippen LogP contribution >= 0.6 is 0 Å². The zero-order chi connectivity index (χ0) is 25.0. The number of benzene rings is 1. The summed E-state index contributed by atoms with van der Waals surface area (Å²) in [5.41, 5.74) is 7.63. The van der Waals surface area contributed by atoms with Crippen molar-refractivity contribution in [2.75, 3.05) is 11.1 Å². The second-order valence-corrected chi connectivity index (χ2v) is 8.58. The molecule has 4 aromatic heterocycles. The molecule has 36 heavy (non-hydrogen) atoms. The minimum Gasteiger partial charge on any atom is -0.383 e. The van der Waals surface area contributed by atoms with E-state index in [9.17, 15) is 14.0 Å². The lowest BCUT2D eigenvalue weighted by atomic mass is 9.81. The van der Waals surface area contributed by atoms with Crippen molar-refractivity contribution in [3.8, 4) is 11.5 Å². The number of aromatic amines is 1. The normalized spacial score (nSPS) is 16.8. The number of pyridine rings is 1. The molecule has 178 valence electrons. The van der Waals surface area contributed by atoms with Crippen LogP contribution in [0.5, 0.6) is 0 Å². The van der Waals surface area contributed by atoms with Crippen LogP contribution in [0.3, 0.4) is 0 Å². The first-order valence-electron chi connectivity index (χ1n) is 11.0. The summed E-state index contributed by atoms with van der Waals surface area (Å²) in [4.78, 5) is 45.9. The van der Waals surface area contributed by atoms with Crippen LogP contribution in [0, 0.1) is 5.82 Å². The average Bonchev–Trinajstić information content (AvgIpc) is 3.42. The van der Waals surface area contributed by atoms with E-state index in [2.05, 4.69) is 35.3 Å². The van der Waals surface area contributed by atoms with Gasteiger partial charge >= 0.3 is 0 Å². The first-order chi connectivity index (χ1) is 17.3. The quantitative estimate of drug-likeness (QED) is 0.349. The molecule has 1 aliphatic rings. The molecule has 0 radical (unpaired) electrons. The standard InChI is InChI=1S/C24H18FN9O2/c1-24(17-9-14(35)5-6-27-17)18-19(26)31-20(32-21(18)33-23(24)36)16-10-34-22(28-11-29-34)15(30-16)8-12-3-2-4-13(25)7-12/h2-7,9-11H,8H2,1H3,(H,27,35)(H3,26,31,32,33,36). The smallest absolute Gasteiger partial charge is 0.242 e. The number of fused-ring (bicyclic) bond motifs is 2. The van der Waals surface area contributed by atoms with E-state index < -0.39 is 11.3 Å². The third kappa shape index (κ3) is 3.30. The van der Waals surface area contributed by atoms with Crippen LogP contribution in [0.1, 0.15) is 29.4 Å². The van der Waals surface area contributed by atoms with Gasteiger partial charge < -0.3 is 16.0 Å². The number of anilines is 2. The number of nitrogens with zero attached hydrogens (tertiary/aromatic N) is 6. The Kier molecular flexibility index (Phi) is 4.64. The van der Waals surface area contributed by atoms with Crippen molar-refractivity contribution in [2.45, 2.75) is 18.8 Å². The molecule has 1 unspecified atom stereocenters. The van der Waals surface area contributed by atoms with Crippen LogP contribution in [-0.4, -0.2) is 40.4 Å². The van der Waals surface area contributed by atoms with Gasteiger partial charge in [0.1, 0.15) is 34.9 Å². The van der Waals surface area contributed by atoms with E-state index in [1.807, 2.05) is 0 Å². The fourth-order valence-electron chi connectivity index (χ4n) is 4.47. The maximum absolute atomic E-state index is 13.7. The summed E-state index contributed by atoms with van der Waals surface area (Å²) >= 11 is 0. The van der Waals surface area contributed by atoms with E-state index in [4.69, 9.17) is 5.73 Å². The number of H-pyrrole nitrogens is 1. The number of nitrogens with one attached hydrogen (secondary N) is 2. The zero-order valence-electron chi connectivity index (χ0n) is 18.9. The van der Waals surface area contributed by atoms with Crippen molar-refractivity contribution in [3.63, 3.8) is 0 Å². The second-order valence-electron chi connectivity index (χ2n) is 8.58. The lowest BCUT2D eigenvalue weighted by molar-refractivity contribution is -0.119. The molecule has 11 nitrogen and oxygen atoms in total. The summed E-state index contributed by atoms with van der Waals surface area (Å²) in [6, 6.07) is 8.92. The van der Waals surface area contributed by atoms with Gasteiger partial charge in [0, 0.05) is 30.4 Å². The number of nitrogens with two attached hydrogens (primary N) is 1. The fraction of sp³-hybridized carbons (Fsp3) is 0.125. The van der Waals surface area contributed by atoms with Crippen molar-refractivity contribution < 1.29 is 9.18 Å². The third-order valence-electron chi connectivity index (χ3n) is 6.26. The number of rotatable bonds is 4.